The third kappa shape index (κ3) is 2.77. The first-order valence-electron chi connectivity index (χ1n) is 5.85. The molecule has 2 heterocycles. The monoisotopic (exact) mass is 233 g/mol. The summed E-state index contributed by atoms with van der Waals surface area (Å²) in [4.78, 5) is 6.76. The van der Waals surface area contributed by atoms with E-state index in [9.17, 15) is 0 Å². The second-order valence-electron chi connectivity index (χ2n) is 4.34. The molecule has 1 aliphatic rings. The van der Waals surface area contributed by atoms with E-state index in [4.69, 9.17) is 10.5 Å². The van der Waals surface area contributed by atoms with Gasteiger partial charge in [-0.2, -0.15) is 0 Å². The lowest BCUT2D eigenvalue weighted by Crippen LogP contribution is -2.30. The highest BCUT2D eigenvalue weighted by Gasteiger charge is 2.13. The summed E-state index contributed by atoms with van der Waals surface area (Å²) in [6, 6.07) is 3.91. The van der Waals surface area contributed by atoms with Gasteiger partial charge < -0.3 is 15.4 Å². The number of methoxy groups -OCH3 is 1. The first-order chi connectivity index (χ1) is 8.20. The number of ether oxygens (including phenoxy) is 1. The van der Waals surface area contributed by atoms with E-state index < -0.39 is 0 Å². The molecule has 0 radical (unpaired) electrons. The van der Waals surface area contributed by atoms with Gasteiger partial charge in [-0.15, -0.1) is 0 Å². The van der Waals surface area contributed by atoms with Crippen LogP contribution in [0.2, 0.25) is 0 Å². The lowest BCUT2D eigenvalue weighted by atomic mass is 10.1. The Balaban J connectivity index is 2.07. The number of pyridine rings is 1. The number of nitrogens with two attached hydrogens (primary N) is 1. The van der Waals surface area contributed by atoms with Crippen molar-refractivity contribution >= 4 is 11.5 Å². The zero-order valence-electron chi connectivity index (χ0n) is 10.4. The fourth-order valence-corrected chi connectivity index (χ4v) is 1.97. The van der Waals surface area contributed by atoms with E-state index in [1.54, 1.807) is 7.11 Å². The van der Waals surface area contributed by atoms with Gasteiger partial charge in [0.1, 0.15) is 5.82 Å². The first-order valence-corrected chi connectivity index (χ1v) is 5.85. The van der Waals surface area contributed by atoms with Gasteiger partial charge in [0.2, 0.25) is 0 Å². The molecule has 4 heteroatoms. The Labute approximate surface area is 102 Å². The number of hydrogen-bond acceptors (Lipinski definition) is 4. The number of hydrogen-bond donors (Lipinski definition) is 1. The van der Waals surface area contributed by atoms with Gasteiger partial charge in [0.05, 0.1) is 18.0 Å². The standard InChI is InChI=1S/C13H19N3O/c1-10-12(14)3-4-13(15-10)16-7-5-11(6-8-16)9-17-2/h3-5H,6-9,14H2,1-2H3. The van der Waals surface area contributed by atoms with Gasteiger partial charge in [0.25, 0.3) is 0 Å². The van der Waals surface area contributed by atoms with Gasteiger partial charge in [-0.25, -0.2) is 4.98 Å². The van der Waals surface area contributed by atoms with Crippen molar-refractivity contribution in [2.75, 3.05) is 37.4 Å². The topological polar surface area (TPSA) is 51.4 Å². The molecule has 1 aliphatic heterocycles. The summed E-state index contributed by atoms with van der Waals surface area (Å²) in [5, 5.41) is 0. The van der Waals surface area contributed by atoms with Crippen molar-refractivity contribution in [3.63, 3.8) is 0 Å². The number of anilines is 2. The van der Waals surface area contributed by atoms with Gasteiger partial charge in [-0.3, -0.25) is 0 Å². The Bertz CT molecular complexity index is 429. The van der Waals surface area contributed by atoms with Crippen LogP contribution in [0.3, 0.4) is 0 Å². The van der Waals surface area contributed by atoms with Crippen molar-refractivity contribution in [2.45, 2.75) is 13.3 Å². The van der Waals surface area contributed by atoms with Gasteiger partial charge in [-0.05, 0) is 31.1 Å². The Morgan fingerprint density at radius 2 is 2.29 bits per heavy atom. The lowest BCUT2D eigenvalue weighted by molar-refractivity contribution is 0.222. The molecule has 92 valence electrons. The van der Waals surface area contributed by atoms with Crippen molar-refractivity contribution < 1.29 is 4.74 Å². The molecule has 0 bridgehead atoms. The van der Waals surface area contributed by atoms with Crippen molar-refractivity contribution in [2.24, 2.45) is 0 Å². The van der Waals surface area contributed by atoms with E-state index >= 15 is 0 Å². The zero-order chi connectivity index (χ0) is 12.3. The molecule has 17 heavy (non-hydrogen) atoms. The largest absolute Gasteiger partial charge is 0.397 e. The van der Waals surface area contributed by atoms with Crippen molar-refractivity contribution in [1.82, 2.24) is 4.98 Å². The Morgan fingerprint density at radius 1 is 1.47 bits per heavy atom. The van der Waals surface area contributed by atoms with Crippen molar-refractivity contribution in [1.29, 1.82) is 0 Å². The third-order valence-electron chi connectivity index (χ3n) is 3.07. The SMILES string of the molecule is COCC1=CCN(c2ccc(N)c(C)n2)CC1. The summed E-state index contributed by atoms with van der Waals surface area (Å²) in [5.41, 5.74) is 8.79. The van der Waals surface area contributed by atoms with Gasteiger partial charge in [0.15, 0.2) is 0 Å². The second kappa shape index (κ2) is 5.19. The molecule has 1 aromatic heterocycles. The Kier molecular flexibility index (Phi) is 3.64. The molecule has 0 saturated carbocycles. The first kappa shape index (κ1) is 11.9. The molecular formula is C13H19N3O. The molecule has 0 atom stereocenters. The van der Waals surface area contributed by atoms with Gasteiger partial charge in [-0.1, -0.05) is 6.08 Å². The second-order valence-corrected chi connectivity index (χ2v) is 4.34. The predicted molar refractivity (Wildman–Crippen MR) is 70.2 cm³/mol. The molecule has 0 amide bonds. The predicted octanol–water partition coefficient (Wildman–Crippen LogP) is 1.76. The summed E-state index contributed by atoms with van der Waals surface area (Å²) >= 11 is 0. The maximum atomic E-state index is 5.77. The smallest absolute Gasteiger partial charge is 0.129 e. The highest BCUT2D eigenvalue weighted by Crippen LogP contribution is 2.20. The number of nitrogens with zero attached hydrogens (tertiary/aromatic N) is 2. The number of nitrogen functional groups attached to an aromatic ring is 1. The van der Waals surface area contributed by atoms with Gasteiger partial charge >= 0.3 is 0 Å². The van der Waals surface area contributed by atoms with E-state index in [0.717, 1.165) is 43.3 Å². The molecular weight excluding hydrogens is 214 g/mol. The molecule has 0 spiro atoms. The van der Waals surface area contributed by atoms with Crippen LogP contribution in [0.1, 0.15) is 12.1 Å². The van der Waals surface area contributed by atoms with Gasteiger partial charge in [0, 0.05) is 20.2 Å². The maximum absolute atomic E-state index is 5.77. The van der Waals surface area contributed by atoms with Crippen LogP contribution in [0, 0.1) is 6.92 Å². The fraction of sp³-hybridized carbons (Fsp3) is 0.462. The molecule has 2 N–H and O–H groups in total. The van der Waals surface area contributed by atoms with Crippen LogP contribution in [-0.2, 0) is 4.74 Å². The van der Waals surface area contributed by atoms with Crippen molar-refractivity contribution in [3.05, 3.63) is 29.5 Å². The van der Waals surface area contributed by atoms with Crippen LogP contribution < -0.4 is 10.6 Å². The van der Waals surface area contributed by atoms with Crippen LogP contribution in [0.5, 0.6) is 0 Å². The zero-order valence-corrected chi connectivity index (χ0v) is 10.4. The number of rotatable bonds is 3. The summed E-state index contributed by atoms with van der Waals surface area (Å²) in [5.74, 6) is 1.00. The quantitative estimate of drug-likeness (QED) is 0.808. The number of aromatic nitrogens is 1. The molecule has 0 aliphatic carbocycles. The molecule has 1 aromatic rings. The third-order valence-corrected chi connectivity index (χ3v) is 3.07. The van der Waals surface area contributed by atoms with Crippen LogP contribution in [0.15, 0.2) is 23.8 Å². The van der Waals surface area contributed by atoms with Crippen LogP contribution in [0.4, 0.5) is 11.5 Å². The lowest BCUT2D eigenvalue weighted by Gasteiger charge is -2.27. The summed E-state index contributed by atoms with van der Waals surface area (Å²) < 4.78 is 5.14. The molecule has 4 nitrogen and oxygen atoms in total. The minimum absolute atomic E-state index is 0.738. The molecule has 0 aromatic carbocycles. The highest BCUT2D eigenvalue weighted by atomic mass is 16.5. The average Bonchev–Trinajstić information content (AvgIpc) is 2.34. The highest BCUT2D eigenvalue weighted by molar-refractivity contribution is 5.51. The molecule has 2 rings (SSSR count). The molecule has 0 unspecified atom stereocenters. The average molecular weight is 233 g/mol. The van der Waals surface area contributed by atoms with E-state index in [-0.39, 0.29) is 0 Å². The van der Waals surface area contributed by atoms with E-state index in [1.165, 1.54) is 5.57 Å². The summed E-state index contributed by atoms with van der Waals surface area (Å²) in [7, 11) is 1.73. The fourth-order valence-electron chi connectivity index (χ4n) is 1.97. The number of aryl methyl sites for hydroxylation is 1. The van der Waals surface area contributed by atoms with Crippen LogP contribution in [-0.4, -0.2) is 31.8 Å². The van der Waals surface area contributed by atoms with Crippen molar-refractivity contribution in [3.8, 4) is 0 Å². The Morgan fingerprint density at radius 3 is 2.88 bits per heavy atom. The van der Waals surface area contributed by atoms with Crippen LogP contribution in [0.25, 0.3) is 0 Å². The maximum Gasteiger partial charge on any atom is 0.129 e. The molecule has 0 saturated heterocycles. The Hall–Kier alpha value is -1.55. The summed E-state index contributed by atoms with van der Waals surface area (Å²) in [6.07, 6.45) is 3.26. The van der Waals surface area contributed by atoms with E-state index in [2.05, 4.69) is 16.0 Å². The molecule has 0 fully saturated rings. The van der Waals surface area contributed by atoms with Crippen LogP contribution >= 0.6 is 0 Å². The minimum Gasteiger partial charge on any atom is -0.397 e. The van der Waals surface area contributed by atoms with E-state index in [0.29, 0.717) is 0 Å². The summed E-state index contributed by atoms with van der Waals surface area (Å²) in [6.45, 7) is 4.57. The van der Waals surface area contributed by atoms with E-state index in [1.807, 2.05) is 19.1 Å². The normalized spacial score (nSPS) is 15.9. The minimum atomic E-state index is 0.738.